The highest BCUT2D eigenvalue weighted by molar-refractivity contribution is 6.30. The Morgan fingerprint density at radius 1 is 1.17 bits per heavy atom. The predicted molar refractivity (Wildman–Crippen MR) is 81.3 cm³/mol. The van der Waals surface area contributed by atoms with E-state index in [1.807, 2.05) is 0 Å². The number of nitrogens with one attached hydrogen (secondary N) is 3. The molecule has 1 unspecified atom stereocenters. The summed E-state index contributed by atoms with van der Waals surface area (Å²) >= 11 is 5.55. The summed E-state index contributed by atoms with van der Waals surface area (Å²) in [5.41, 5.74) is 0.925. The van der Waals surface area contributed by atoms with E-state index in [9.17, 15) is 18.4 Å². The van der Waals surface area contributed by atoms with E-state index in [0.717, 1.165) is 6.07 Å². The summed E-state index contributed by atoms with van der Waals surface area (Å²) in [6.45, 7) is 0. The van der Waals surface area contributed by atoms with Gasteiger partial charge in [-0.15, -0.1) is 0 Å². The molecule has 3 N–H and O–H groups in total. The Hall–Kier alpha value is -2.67. The number of fused-ring (bicyclic) bond motifs is 1. The van der Waals surface area contributed by atoms with Gasteiger partial charge < -0.3 is 16.0 Å². The second-order valence-electron chi connectivity index (χ2n) is 4.88. The third-order valence-electron chi connectivity index (χ3n) is 3.30. The van der Waals surface area contributed by atoms with Crippen LogP contribution in [-0.2, 0) is 4.79 Å². The fourth-order valence-corrected chi connectivity index (χ4v) is 2.37. The molecule has 0 spiro atoms. The van der Waals surface area contributed by atoms with Gasteiger partial charge in [0.2, 0.25) is 0 Å². The molecule has 0 aromatic heterocycles. The number of amides is 3. The van der Waals surface area contributed by atoms with Crippen molar-refractivity contribution in [1.29, 1.82) is 0 Å². The SMILES string of the molecule is O=C(Nc1ccc(Cl)c(F)c1)NC1C(=O)Nc2ccc(F)cc21. The van der Waals surface area contributed by atoms with Crippen LogP contribution in [0.25, 0.3) is 0 Å². The Kier molecular flexibility index (Phi) is 3.87. The van der Waals surface area contributed by atoms with Gasteiger partial charge in [-0.25, -0.2) is 13.6 Å². The van der Waals surface area contributed by atoms with Gasteiger partial charge in [0.1, 0.15) is 17.7 Å². The largest absolute Gasteiger partial charge is 0.324 e. The summed E-state index contributed by atoms with van der Waals surface area (Å²) in [6, 6.07) is 5.77. The number of hydrogen-bond acceptors (Lipinski definition) is 2. The normalized spacial score (nSPS) is 15.8. The quantitative estimate of drug-likeness (QED) is 0.785. The first kappa shape index (κ1) is 15.2. The van der Waals surface area contributed by atoms with Crippen molar-refractivity contribution in [3.8, 4) is 0 Å². The summed E-state index contributed by atoms with van der Waals surface area (Å²) in [5, 5.41) is 7.25. The summed E-state index contributed by atoms with van der Waals surface area (Å²) < 4.78 is 26.6. The van der Waals surface area contributed by atoms with Gasteiger partial charge in [-0.2, -0.15) is 0 Å². The minimum atomic E-state index is -1.03. The lowest BCUT2D eigenvalue weighted by Gasteiger charge is -2.13. The van der Waals surface area contributed by atoms with Crippen molar-refractivity contribution in [3.05, 3.63) is 58.6 Å². The summed E-state index contributed by atoms with van der Waals surface area (Å²) in [7, 11) is 0. The molecule has 1 aliphatic rings. The van der Waals surface area contributed by atoms with Gasteiger partial charge in [-0.3, -0.25) is 4.79 Å². The van der Waals surface area contributed by atoms with Crippen LogP contribution in [0.2, 0.25) is 5.02 Å². The summed E-state index contributed by atoms with van der Waals surface area (Å²) in [6.07, 6.45) is 0. The number of halogens is 3. The fraction of sp³-hybridized carbons (Fsp3) is 0.0667. The molecular formula is C15H10ClF2N3O2. The molecular weight excluding hydrogens is 328 g/mol. The molecule has 1 aliphatic heterocycles. The number of urea groups is 1. The number of carbonyl (C=O) groups excluding carboxylic acids is 2. The Labute approximate surface area is 134 Å². The Bertz CT molecular complexity index is 813. The molecule has 8 heteroatoms. The van der Waals surface area contributed by atoms with Crippen LogP contribution in [-0.4, -0.2) is 11.9 Å². The molecule has 0 radical (unpaired) electrons. The lowest BCUT2D eigenvalue weighted by molar-refractivity contribution is -0.117. The summed E-state index contributed by atoms with van der Waals surface area (Å²) in [4.78, 5) is 23.8. The maximum Gasteiger partial charge on any atom is 0.320 e. The number of carbonyl (C=O) groups is 2. The fourth-order valence-electron chi connectivity index (χ4n) is 2.25. The van der Waals surface area contributed by atoms with Gasteiger partial charge in [-0.05, 0) is 36.4 Å². The van der Waals surface area contributed by atoms with E-state index in [1.165, 1.54) is 30.3 Å². The zero-order chi connectivity index (χ0) is 16.6. The lowest BCUT2D eigenvalue weighted by Crippen LogP contribution is -2.36. The van der Waals surface area contributed by atoms with Crippen LogP contribution in [0.4, 0.5) is 25.0 Å². The first-order valence-corrected chi connectivity index (χ1v) is 6.95. The van der Waals surface area contributed by atoms with Gasteiger partial charge in [0.15, 0.2) is 0 Å². The third-order valence-corrected chi connectivity index (χ3v) is 3.60. The molecule has 3 amide bonds. The molecule has 1 atom stereocenters. The lowest BCUT2D eigenvalue weighted by atomic mass is 10.1. The number of anilines is 2. The van der Waals surface area contributed by atoms with E-state index in [-0.39, 0.29) is 10.7 Å². The molecule has 118 valence electrons. The molecule has 0 fully saturated rings. The number of benzene rings is 2. The molecule has 3 rings (SSSR count). The monoisotopic (exact) mass is 337 g/mol. The van der Waals surface area contributed by atoms with Gasteiger partial charge in [0.05, 0.1) is 5.02 Å². The van der Waals surface area contributed by atoms with E-state index in [1.54, 1.807) is 0 Å². The van der Waals surface area contributed by atoms with Crippen molar-refractivity contribution in [3.63, 3.8) is 0 Å². The topological polar surface area (TPSA) is 70.2 Å². The van der Waals surface area contributed by atoms with Crippen LogP contribution in [0.1, 0.15) is 11.6 Å². The van der Waals surface area contributed by atoms with Crippen molar-refractivity contribution in [2.45, 2.75) is 6.04 Å². The minimum absolute atomic E-state index is 0.0736. The van der Waals surface area contributed by atoms with Gasteiger partial charge in [0, 0.05) is 16.9 Å². The highest BCUT2D eigenvalue weighted by Crippen LogP contribution is 2.31. The average molecular weight is 338 g/mol. The molecule has 1 heterocycles. The van der Waals surface area contributed by atoms with Crippen molar-refractivity contribution in [2.75, 3.05) is 10.6 Å². The van der Waals surface area contributed by atoms with Crippen LogP contribution in [0.3, 0.4) is 0 Å². The first-order valence-electron chi connectivity index (χ1n) is 6.57. The van der Waals surface area contributed by atoms with Crippen LogP contribution in [0, 0.1) is 11.6 Å². The molecule has 0 saturated carbocycles. The molecule has 23 heavy (non-hydrogen) atoms. The molecule has 0 bridgehead atoms. The van der Waals surface area contributed by atoms with E-state index >= 15 is 0 Å². The Balaban J connectivity index is 1.74. The predicted octanol–water partition coefficient (Wildman–Crippen LogP) is 3.43. The second-order valence-corrected chi connectivity index (χ2v) is 5.29. The standard InChI is InChI=1S/C15H10ClF2N3O2/c16-10-3-2-8(6-11(10)18)19-15(23)21-13-9-5-7(17)1-4-12(9)20-14(13)22/h1-6,13H,(H,20,22)(H2,19,21,23). The van der Waals surface area contributed by atoms with Gasteiger partial charge in [0.25, 0.3) is 5.91 Å². The number of hydrogen-bond donors (Lipinski definition) is 3. The highest BCUT2D eigenvalue weighted by Gasteiger charge is 2.32. The Morgan fingerprint density at radius 2 is 1.96 bits per heavy atom. The molecule has 0 saturated heterocycles. The van der Waals surface area contributed by atoms with E-state index in [0.29, 0.717) is 11.3 Å². The summed E-state index contributed by atoms with van der Waals surface area (Å²) in [5.74, 6) is -1.69. The molecule has 2 aromatic rings. The maximum atomic E-state index is 13.3. The van der Waals surface area contributed by atoms with Crippen molar-refractivity contribution >= 4 is 34.9 Å². The Morgan fingerprint density at radius 3 is 2.70 bits per heavy atom. The maximum absolute atomic E-state index is 13.3. The van der Waals surface area contributed by atoms with E-state index < -0.39 is 29.6 Å². The van der Waals surface area contributed by atoms with Gasteiger partial charge in [-0.1, -0.05) is 11.6 Å². The first-order chi connectivity index (χ1) is 10.9. The van der Waals surface area contributed by atoms with Gasteiger partial charge >= 0.3 is 6.03 Å². The molecule has 5 nitrogen and oxygen atoms in total. The van der Waals surface area contributed by atoms with Crippen molar-refractivity contribution < 1.29 is 18.4 Å². The number of rotatable bonds is 2. The minimum Gasteiger partial charge on any atom is -0.324 e. The molecule has 0 aliphatic carbocycles. The van der Waals surface area contributed by atoms with Crippen LogP contribution in [0.15, 0.2) is 36.4 Å². The zero-order valence-corrected chi connectivity index (χ0v) is 12.2. The smallest absolute Gasteiger partial charge is 0.320 e. The van der Waals surface area contributed by atoms with Crippen LogP contribution < -0.4 is 16.0 Å². The van der Waals surface area contributed by atoms with Crippen molar-refractivity contribution in [2.24, 2.45) is 0 Å². The van der Waals surface area contributed by atoms with E-state index in [4.69, 9.17) is 11.6 Å². The van der Waals surface area contributed by atoms with Crippen molar-refractivity contribution in [1.82, 2.24) is 5.32 Å². The average Bonchev–Trinajstić information content (AvgIpc) is 2.79. The third kappa shape index (κ3) is 3.09. The van der Waals surface area contributed by atoms with Crippen LogP contribution in [0.5, 0.6) is 0 Å². The zero-order valence-electron chi connectivity index (χ0n) is 11.5. The molecule has 2 aromatic carbocycles. The van der Waals surface area contributed by atoms with Crippen LogP contribution >= 0.6 is 11.6 Å². The highest BCUT2D eigenvalue weighted by atomic mass is 35.5. The second kappa shape index (κ2) is 5.85. The van der Waals surface area contributed by atoms with E-state index in [2.05, 4.69) is 16.0 Å².